The van der Waals surface area contributed by atoms with E-state index in [1.165, 1.54) is 12.5 Å². The summed E-state index contributed by atoms with van der Waals surface area (Å²) in [7, 11) is -3.77. The fraction of sp³-hybridized carbons (Fsp3) is 0.480. The van der Waals surface area contributed by atoms with Gasteiger partial charge in [0.05, 0.1) is 16.9 Å². The van der Waals surface area contributed by atoms with Crippen LogP contribution in [-0.4, -0.2) is 37.8 Å². The largest absolute Gasteiger partial charge is 0.454 e. The van der Waals surface area contributed by atoms with Gasteiger partial charge < -0.3 is 15.4 Å². The van der Waals surface area contributed by atoms with Gasteiger partial charge in [0.2, 0.25) is 10.0 Å². The van der Waals surface area contributed by atoms with E-state index in [0.717, 1.165) is 38.5 Å². The highest BCUT2D eigenvalue weighted by Crippen LogP contribution is 2.41. The number of carbonyl (C=O) groups is 1. The minimum absolute atomic E-state index is 0.158. The SMILES string of the molecule is CC1CCN(S(=O)(=O)c2cc3c(cc2NC2CCCCC2)Oc2ccccc2NC3=O)CC1. The van der Waals surface area contributed by atoms with Crippen molar-refractivity contribution in [1.29, 1.82) is 0 Å². The van der Waals surface area contributed by atoms with Crippen molar-refractivity contribution in [3.63, 3.8) is 0 Å². The third kappa shape index (κ3) is 4.46. The molecular weight excluding hydrogens is 438 g/mol. The van der Waals surface area contributed by atoms with Gasteiger partial charge in [0.1, 0.15) is 10.6 Å². The quantitative estimate of drug-likeness (QED) is 0.642. The Labute approximate surface area is 195 Å². The van der Waals surface area contributed by atoms with Crippen molar-refractivity contribution in [1.82, 2.24) is 4.31 Å². The number of sulfonamides is 1. The summed E-state index contributed by atoms with van der Waals surface area (Å²) in [6, 6.07) is 10.6. The first-order chi connectivity index (χ1) is 15.9. The van der Waals surface area contributed by atoms with E-state index in [1.54, 1.807) is 22.5 Å². The highest BCUT2D eigenvalue weighted by atomic mass is 32.2. The highest BCUT2D eigenvalue weighted by molar-refractivity contribution is 7.89. The lowest BCUT2D eigenvalue weighted by molar-refractivity contribution is 0.102. The van der Waals surface area contributed by atoms with E-state index >= 15 is 0 Å². The molecule has 0 unspecified atom stereocenters. The Bertz CT molecular complexity index is 1150. The van der Waals surface area contributed by atoms with Crippen LogP contribution in [0.1, 0.15) is 62.2 Å². The number of rotatable bonds is 4. The molecule has 0 spiro atoms. The molecule has 0 aromatic heterocycles. The Hall–Kier alpha value is -2.58. The molecular formula is C25H31N3O4S. The molecule has 0 atom stereocenters. The second-order valence-corrected chi connectivity index (χ2v) is 11.4. The van der Waals surface area contributed by atoms with Crippen molar-refractivity contribution < 1.29 is 17.9 Å². The maximum atomic E-state index is 13.8. The van der Waals surface area contributed by atoms with E-state index in [-0.39, 0.29) is 22.4 Å². The van der Waals surface area contributed by atoms with E-state index in [4.69, 9.17) is 4.74 Å². The van der Waals surface area contributed by atoms with E-state index in [2.05, 4.69) is 17.6 Å². The summed E-state index contributed by atoms with van der Waals surface area (Å²) in [5, 5.41) is 6.35. The molecule has 2 heterocycles. The van der Waals surface area contributed by atoms with Crippen LogP contribution in [0.25, 0.3) is 0 Å². The molecule has 2 aromatic rings. The number of nitrogens with one attached hydrogen (secondary N) is 2. The second-order valence-electron chi connectivity index (χ2n) is 9.46. The fourth-order valence-corrected chi connectivity index (χ4v) is 6.58. The molecule has 3 aliphatic rings. The van der Waals surface area contributed by atoms with Gasteiger partial charge >= 0.3 is 0 Å². The van der Waals surface area contributed by atoms with Gasteiger partial charge in [-0.05, 0) is 49.8 Å². The van der Waals surface area contributed by atoms with Crippen LogP contribution >= 0.6 is 0 Å². The predicted octanol–water partition coefficient (Wildman–Crippen LogP) is 5.21. The van der Waals surface area contributed by atoms with E-state index < -0.39 is 10.0 Å². The zero-order valence-corrected chi connectivity index (χ0v) is 19.8. The number of carbonyl (C=O) groups excluding carboxylic acids is 1. The van der Waals surface area contributed by atoms with Crippen LogP contribution in [0.5, 0.6) is 11.5 Å². The van der Waals surface area contributed by atoms with E-state index in [0.29, 0.717) is 41.9 Å². The van der Waals surface area contributed by atoms with Crippen molar-refractivity contribution in [3.05, 3.63) is 42.0 Å². The second kappa shape index (κ2) is 8.99. The Morgan fingerprint density at radius 3 is 2.48 bits per heavy atom. The number of ether oxygens (including phenoxy) is 1. The fourth-order valence-electron chi connectivity index (χ4n) is 4.95. The van der Waals surface area contributed by atoms with Crippen LogP contribution in [0.3, 0.4) is 0 Å². The van der Waals surface area contributed by atoms with Gasteiger partial charge in [0, 0.05) is 25.2 Å². The third-order valence-electron chi connectivity index (χ3n) is 7.01. The first-order valence-corrected chi connectivity index (χ1v) is 13.4. The minimum atomic E-state index is -3.77. The van der Waals surface area contributed by atoms with E-state index in [9.17, 15) is 13.2 Å². The molecule has 2 aromatic carbocycles. The molecule has 8 heteroatoms. The molecule has 1 aliphatic carbocycles. The summed E-state index contributed by atoms with van der Waals surface area (Å²) in [4.78, 5) is 13.2. The van der Waals surface area contributed by atoms with Crippen molar-refractivity contribution in [2.75, 3.05) is 23.7 Å². The van der Waals surface area contributed by atoms with Gasteiger partial charge in [0.15, 0.2) is 5.75 Å². The molecule has 0 radical (unpaired) electrons. The number of para-hydroxylation sites is 2. The Balaban J connectivity index is 1.58. The van der Waals surface area contributed by atoms with Gasteiger partial charge in [0.25, 0.3) is 5.91 Å². The predicted molar refractivity (Wildman–Crippen MR) is 129 cm³/mol. The number of benzene rings is 2. The molecule has 0 bridgehead atoms. The molecule has 176 valence electrons. The number of hydrogen-bond acceptors (Lipinski definition) is 5. The van der Waals surface area contributed by atoms with Crippen LogP contribution in [0, 0.1) is 5.92 Å². The zero-order chi connectivity index (χ0) is 23.0. The van der Waals surface area contributed by atoms with Gasteiger partial charge in [-0.1, -0.05) is 38.3 Å². The van der Waals surface area contributed by atoms with E-state index in [1.807, 2.05) is 12.1 Å². The molecule has 1 amide bonds. The monoisotopic (exact) mass is 469 g/mol. The summed E-state index contributed by atoms with van der Waals surface area (Å²) < 4.78 is 35.2. The molecule has 1 saturated carbocycles. The summed E-state index contributed by atoms with van der Waals surface area (Å²) >= 11 is 0. The number of hydrogen-bond donors (Lipinski definition) is 2. The standard InChI is InChI=1S/C25H31N3O4S/c1-17-11-13-28(14-12-17)33(30,31)24-15-19-23(16-21(24)26-18-7-3-2-4-8-18)32-22-10-6-5-9-20(22)27-25(19)29/h5-6,9-10,15-18,26H,2-4,7-8,11-14H2,1H3,(H,27,29). The maximum absolute atomic E-state index is 13.8. The number of amides is 1. The molecule has 2 N–H and O–H groups in total. The first kappa shape index (κ1) is 22.2. The molecule has 2 fully saturated rings. The van der Waals surface area contributed by atoms with Crippen molar-refractivity contribution in [2.24, 2.45) is 5.92 Å². The van der Waals surface area contributed by atoms with Gasteiger partial charge in [-0.3, -0.25) is 4.79 Å². The topological polar surface area (TPSA) is 87.7 Å². The Kier molecular flexibility index (Phi) is 6.05. The van der Waals surface area contributed by atoms with Crippen LogP contribution in [0.4, 0.5) is 11.4 Å². The average molecular weight is 470 g/mol. The van der Waals surface area contributed by atoms with Crippen molar-refractivity contribution in [2.45, 2.75) is 62.8 Å². The van der Waals surface area contributed by atoms with Gasteiger partial charge in [-0.25, -0.2) is 8.42 Å². The first-order valence-electron chi connectivity index (χ1n) is 11.9. The number of anilines is 2. The van der Waals surface area contributed by atoms with Crippen LogP contribution in [-0.2, 0) is 10.0 Å². The average Bonchev–Trinajstić information content (AvgIpc) is 2.94. The molecule has 33 heavy (non-hydrogen) atoms. The highest BCUT2D eigenvalue weighted by Gasteiger charge is 2.33. The Morgan fingerprint density at radius 1 is 1.00 bits per heavy atom. The summed E-state index contributed by atoms with van der Waals surface area (Å²) in [6.07, 6.45) is 7.15. The van der Waals surface area contributed by atoms with Crippen molar-refractivity contribution >= 4 is 27.3 Å². The molecule has 1 saturated heterocycles. The summed E-state index contributed by atoms with van der Waals surface area (Å²) in [6.45, 7) is 3.15. The minimum Gasteiger partial charge on any atom is -0.454 e. The molecule has 2 aliphatic heterocycles. The zero-order valence-electron chi connectivity index (χ0n) is 19.0. The van der Waals surface area contributed by atoms with Gasteiger partial charge in [-0.2, -0.15) is 4.31 Å². The lowest BCUT2D eigenvalue weighted by Gasteiger charge is -2.31. The van der Waals surface area contributed by atoms with Crippen molar-refractivity contribution in [3.8, 4) is 11.5 Å². The lowest BCUT2D eigenvalue weighted by Crippen LogP contribution is -2.38. The molecule has 7 nitrogen and oxygen atoms in total. The van der Waals surface area contributed by atoms with Crippen LogP contribution in [0.2, 0.25) is 0 Å². The summed E-state index contributed by atoms with van der Waals surface area (Å²) in [5.41, 5.74) is 1.31. The summed E-state index contributed by atoms with van der Waals surface area (Å²) in [5.74, 6) is 1.04. The van der Waals surface area contributed by atoms with Gasteiger partial charge in [-0.15, -0.1) is 0 Å². The normalized spacial score (nSPS) is 20.2. The smallest absolute Gasteiger partial charge is 0.259 e. The van der Waals surface area contributed by atoms with Crippen LogP contribution < -0.4 is 15.4 Å². The van der Waals surface area contributed by atoms with Crippen LogP contribution in [0.15, 0.2) is 41.3 Å². The number of nitrogens with zero attached hydrogens (tertiary/aromatic N) is 1. The molecule has 5 rings (SSSR count). The number of fused-ring (bicyclic) bond motifs is 2. The third-order valence-corrected chi connectivity index (χ3v) is 8.95. The Morgan fingerprint density at radius 2 is 1.73 bits per heavy atom. The number of piperidine rings is 1. The maximum Gasteiger partial charge on any atom is 0.259 e. The lowest BCUT2D eigenvalue weighted by atomic mass is 9.95.